The molecule has 250 valence electrons. The third-order valence-corrected chi connectivity index (χ3v) is 10.4. The molecule has 0 amide bonds. The van der Waals surface area contributed by atoms with E-state index in [4.69, 9.17) is 15.2 Å². The number of aliphatic hydroxyl groups is 1. The summed E-state index contributed by atoms with van der Waals surface area (Å²) in [5, 5.41) is 28.2. The Balaban J connectivity index is 1.30. The highest BCUT2D eigenvalue weighted by atomic mass is 16.5. The summed E-state index contributed by atoms with van der Waals surface area (Å²) in [4.78, 5) is 0. The zero-order chi connectivity index (χ0) is 33.5. The molecule has 5 atom stereocenters. The third kappa shape index (κ3) is 6.52. The minimum atomic E-state index is -0.584. The molecule has 0 saturated carbocycles. The predicted molar refractivity (Wildman–Crippen MR) is 193 cm³/mol. The lowest BCUT2D eigenvalue weighted by Crippen LogP contribution is -2.40. The fourth-order valence-corrected chi connectivity index (χ4v) is 7.70. The zero-order valence-corrected chi connectivity index (χ0v) is 27.9. The van der Waals surface area contributed by atoms with Crippen molar-refractivity contribution in [1.29, 1.82) is 0 Å². The largest absolute Gasteiger partial charge is 0.504 e. The van der Waals surface area contributed by atoms with Crippen molar-refractivity contribution in [2.24, 2.45) is 17.6 Å². The number of ether oxygens (including phenoxy) is 2. The summed E-state index contributed by atoms with van der Waals surface area (Å²) in [6.07, 6.45) is 13.9. The van der Waals surface area contributed by atoms with Gasteiger partial charge in [-0.25, -0.2) is 0 Å². The van der Waals surface area contributed by atoms with Crippen molar-refractivity contribution in [2.75, 3.05) is 6.61 Å². The van der Waals surface area contributed by atoms with Crippen LogP contribution in [-0.4, -0.2) is 39.8 Å². The van der Waals surface area contributed by atoms with Crippen LogP contribution >= 0.6 is 0 Å². The fraction of sp³-hybridized carbons (Fsp3) is 0.333. The number of phenolic OH excluding ortho intramolecular Hbond substituents is 1. The van der Waals surface area contributed by atoms with Crippen molar-refractivity contribution >= 4 is 22.7 Å². The van der Waals surface area contributed by atoms with Gasteiger partial charge in [-0.1, -0.05) is 73.4 Å². The number of nitrogens with two attached hydrogens (primary N) is 1. The second-order valence-electron chi connectivity index (χ2n) is 14.0. The highest BCUT2D eigenvalue weighted by Gasteiger charge is 2.29. The van der Waals surface area contributed by atoms with Gasteiger partial charge in [0.1, 0.15) is 12.4 Å². The average Bonchev–Trinajstić information content (AvgIpc) is 3.52. The Kier molecular flexibility index (Phi) is 8.55. The molecule has 0 fully saturated rings. The number of hydrogen-bond acceptors (Lipinski definition) is 6. The molecule has 0 radical (unpaired) electrons. The molecular weight excluding hydrogens is 610 g/mol. The second kappa shape index (κ2) is 13.3. The van der Waals surface area contributed by atoms with Crippen molar-refractivity contribution in [2.45, 2.75) is 70.4 Å². The van der Waals surface area contributed by atoms with Gasteiger partial charge in [0, 0.05) is 58.1 Å². The number of fused-ring (bicyclic) bond motifs is 2. The lowest BCUT2D eigenvalue weighted by molar-refractivity contribution is 0.00693. The Bertz CT molecular complexity index is 2050. The second-order valence-corrected chi connectivity index (χ2v) is 14.0. The maximum absolute atomic E-state index is 11.6. The molecule has 8 bridgehead atoms. The molecule has 7 nitrogen and oxygen atoms in total. The van der Waals surface area contributed by atoms with Gasteiger partial charge in [-0.05, 0) is 72.6 Å². The summed E-state index contributed by atoms with van der Waals surface area (Å²) in [6, 6.07) is 18.6. The van der Waals surface area contributed by atoms with Crippen LogP contribution in [0.3, 0.4) is 0 Å². The monoisotopic (exact) mass is 653 g/mol. The highest BCUT2D eigenvalue weighted by Crippen LogP contribution is 2.40. The number of benzene rings is 3. The normalized spacial score (nSPS) is 25.0. The first-order chi connectivity index (χ1) is 23.9. The maximum Gasteiger partial charge on any atom is 0.168 e. The Morgan fingerprint density at radius 2 is 1.90 bits per heavy atom. The quantitative estimate of drug-likeness (QED) is 0.181. The van der Waals surface area contributed by atoms with Crippen LogP contribution in [0.4, 0.5) is 0 Å². The molecular formula is C42H43N3O4. The number of dihydropyridines is 1. The molecule has 5 N–H and O–H groups in total. The van der Waals surface area contributed by atoms with Crippen LogP contribution in [0.1, 0.15) is 60.4 Å². The number of phenols is 1. The topological polar surface area (TPSA) is 102 Å². The van der Waals surface area contributed by atoms with Crippen molar-refractivity contribution in [3.8, 4) is 23.3 Å². The molecule has 49 heavy (non-hydrogen) atoms. The number of nitrogens with one attached hydrogen (secondary N) is 1. The average molecular weight is 654 g/mol. The van der Waals surface area contributed by atoms with E-state index in [9.17, 15) is 10.2 Å². The summed E-state index contributed by atoms with van der Waals surface area (Å²) in [5.41, 5.74) is 13.8. The molecule has 1 aliphatic carbocycles. The predicted octanol–water partition coefficient (Wildman–Crippen LogP) is 6.66. The van der Waals surface area contributed by atoms with E-state index in [-0.39, 0.29) is 30.3 Å². The van der Waals surface area contributed by atoms with Gasteiger partial charge >= 0.3 is 0 Å². The lowest BCUT2D eigenvalue weighted by Gasteiger charge is -2.30. The summed E-state index contributed by atoms with van der Waals surface area (Å²) < 4.78 is 15.4. The first-order valence-electron chi connectivity index (χ1n) is 17.5. The van der Waals surface area contributed by atoms with Gasteiger partial charge in [-0.3, -0.25) is 0 Å². The van der Waals surface area contributed by atoms with E-state index in [2.05, 4.69) is 83.5 Å². The molecule has 0 spiro atoms. The highest BCUT2D eigenvalue weighted by molar-refractivity contribution is 5.88. The SMILES string of the molecule is CC1C#CC2=CC(N)NC3=C2COC(CCC1)CC(O)C1C=Cc2c(ccc(O)c2OCc2cc(Cc4ccccc4)cc4cn3cc24)C1. The summed E-state index contributed by atoms with van der Waals surface area (Å²) in [6.45, 7) is 2.79. The molecule has 5 unspecified atom stereocenters. The number of nitrogens with zero attached hydrogens (tertiary/aromatic N) is 1. The number of rotatable bonds is 2. The van der Waals surface area contributed by atoms with Crippen molar-refractivity contribution in [3.63, 3.8) is 0 Å². The summed E-state index contributed by atoms with van der Waals surface area (Å²) in [7, 11) is 0. The van der Waals surface area contributed by atoms with Gasteiger partial charge in [0.2, 0.25) is 0 Å². The fourth-order valence-electron chi connectivity index (χ4n) is 7.70. The molecule has 5 aliphatic rings. The smallest absolute Gasteiger partial charge is 0.168 e. The number of aromatic nitrogens is 1. The van der Waals surface area contributed by atoms with Crippen LogP contribution in [-0.2, 0) is 24.2 Å². The number of hydrogen-bond donors (Lipinski definition) is 4. The first-order valence-corrected chi connectivity index (χ1v) is 17.5. The van der Waals surface area contributed by atoms with E-state index in [0.29, 0.717) is 25.2 Å². The van der Waals surface area contributed by atoms with E-state index in [1.807, 2.05) is 24.3 Å². The van der Waals surface area contributed by atoms with Crippen LogP contribution in [0.25, 0.3) is 22.7 Å². The Morgan fingerprint density at radius 3 is 2.78 bits per heavy atom. The number of aliphatic hydroxyl groups excluding tert-OH is 1. The number of aromatic hydroxyl groups is 1. The van der Waals surface area contributed by atoms with Crippen molar-refractivity contribution < 1.29 is 19.7 Å². The third-order valence-electron chi connectivity index (χ3n) is 10.4. The van der Waals surface area contributed by atoms with E-state index in [1.54, 1.807) is 6.07 Å². The van der Waals surface area contributed by atoms with E-state index >= 15 is 0 Å². The molecule has 7 heteroatoms. The molecule has 5 heterocycles. The molecule has 9 rings (SSSR count). The van der Waals surface area contributed by atoms with Gasteiger partial charge in [-0.2, -0.15) is 0 Å². The van der Waals surface area contributed by atoms with E-state index in [0.717, 1.165) is 70.1 Å². The van der Waals surface area contributed by atoms with Crippen LogP contribution < -0.4 is 15.8 Å². The van der Waals surface area contributed by atoms with Crippen molar-refractivity contribution in [3.05, 3.63) is 118 Å². The van der Waals surface area contributed by atoms with E-state index < -0.39 is 12.3 Å². The van der Waals surface area contributed by atoms with Crippen LogP contribution in [0.15, 0.2) is 90.3 Å². The van der Waals surface area contributed by atoms with Gasteiger partial charge < -0.3 is 35.3 Å². The van der Waals surface area contributed by atoms with Gasteiger partial charge in [0.05, 0.1) is 25.0 Å². The summed E-state index contributed by atoms with van der Waals surface area (Å²) in [5.74, 6) is 8.51. The maximum atomic E-state index is 11.6. The Labute approximate surface area is 287 Å². The molecule has 4 aromatic rings. The minimum Gasteiger partial charge on any atom is -0.504 e. The molecule has 3 aromatic carbocycles. The standard InChI is InChI=1S/C42H43N3O4/c1-26-6-5-9-34-21-39(47)31-12-14-35-29(19-31)13-15-38(46)41(35)49-24-33-18-28(16-27-7-3-2-4-8-27)17-32-22-45(23-36(32)33)42-37(25-48-34)30(11-10-26)20-40(43)44-42/h2-4,7-8,12-15,17-18,20,22-23,26,31,34,39-40,44,46-47H,5-6,9,16,19,21,24-25,43H2,1H3. The minimum absolute atomic E-state index is 0.0713. The van der Waals surface area contributed by atoms with Gasteiger partial charge in [0.25, 0.3) is 0 Å². The van der Waals surface area contributed by atoms with Gasteiger partial charge in [0.15, 0.2) is 11.5 Å². The Hall–Kier alpha value is -4.74. The van der Waals surface area contributed by atoms with Crippen LogP contribution in [0, 0.1) is 23.7 Å². The molecule has 1 aromatic heterocycles. The first kappa shape index (κ1) is 31.5. The Morgan fingerprint density at radius 1 is 1.02 bits per heavy atom. The molecule has 4 aliphatic heterocycles. The summed E-state index contributed by atoms with van der Waals surface area (Å²) >= 11 is 0. The van der Waals surface area contributed by atoms with E-state index in [1.165, 1.54) is 11.1 Å². The zero-order valence-electron chi connectivity index (χ0n) is 27.9. The van der Waals surface area contributed by atoms with Gasteiger partial charge in [-0.15, -0.1) is 0 Å². The van der Waals surface area contributed by atoms with Crippen molar-refractivity contribution in [1.82, 2.24) is 9.88 Å². The van der Waals surface area contributed by atoms with Crippen LogP contribution in [0.2, 0.25) is 0 Å². The lowest BCUT2D eigenvalue weighted by atomic mass is 9.83. The molecule has 0 saturated heterocycles. The van der Waals surface area contributed by atoms with Crippen LogP contribution in [0.5, 0.6) is 11.5 Å².